The van der Waals surface area contributed by atoms with Crippen molar-refractivity contribution >= 4 is 34.6 Å². The van der Waals surface area contributed by atoms with Crippen molar-refractivity contribution in [3.05, 3.63) is 69.2 Å². The molecule has 2 aromatic rings. The fourth-order valence-corrected chi connectivity index (χ4v) is 2.37. The van der Waals surface area contributed by atoms with Crippen LogP contribution in [0.5, 0.6) is 0 Å². The van der Waals surface area contributed by atoms with Gasteiger partial charge in [-0.15, -0.1) is 0 Å². The lowest BCUT2D eigenvalue weighted by Crippen LogP contribution is -2.19. The highest BCUT2D eigenvalue weighted by atomic mass is 35.5. The van der Waals surface area contributed by atoms with Crippen molar-refractivity contribution in [1.82, 2.24) is 0 Å². The molecule has 110 valence electrons. The minimum Gasteiger partial charge on any atom is -0.272 e. The molecule has 0 radical (unpaired) electrons. The van der Waals surface area contributed by atoms with Gasteiger partial charge in [-0.05, 0) is 30.3 Å². The first-order chi connectivity index (χ1) is 10.6. The number of anilines is 1. The molecule has 0 spiro atoms. The van der Waals surface area contributed by atoms with E-state index < -0.39 is 4.92 Å². The molecule has 3 rings (SSSR count). The molecule has 1 amide bonds. The highest BCUT2D eigenvalue weighted by Crippen LogP contribution is 2.27. The standard InChI is InChI=1S/C15H10ClN3O3/c16-10-5-7-11(8-6-10)18-15(20)9-13(17-18)12-3-1-2-4-14(12)19(21)22/h1-8H,9H2. The third-order valence-corrected chi connectivity index (χ3v) is 3.51. The highest BCUT2D eigenvalue weighted by Gasteiger charge is 2.29. The molecule has 1 heterocycles. The number of rotatable bonds is 3. The van der Waals surface area contributed by atoms with Crippen LogP contribution in [-0.2, 0) is 4.79 Å². The Morgan fingerprint density at radius 1 is 1.14 bits per heavy atom. The molecule has 0 fully saturated rings. The van der Waals surface area contributed by atoms with Crippen molar-refractivity contribution in [1.29, 1.82) is 0 Å². The van der Waals surface area contributed by atoms with E-state index in [4.69, 9.17) is 11.6 Å². The summed E-state index contributed by atoms with van der Waals surface area (Å²) in [5.74, 6) is -0.240. The van der Waals surface area contributed by atoms with E-state index in [0.29, 0.717) is 22.0 Å². The van der Waals surface area contributed by atoms with Crippen LogP contribution in [0.15, 0.2) is 53.6 Å². The molecule has 0 saturated carbocycles. The topological polar surface area (TPSA) is 75.8 Å². The number of nitro groups is 1. The van der Waals surface area contributed by atoms with Crippen molar-refractivity contribution in [2.45, 2.75) is 6.42 Å². The lowest BCUT2D eigenvalue weighted by molar-refractivity contribution is -0.385. The Morgan fingerprint density at radius 3 is 2.50 bits per heavy atom. The number of carbonyl (C=O) groups is 1. The largest absolute Gasteiger partial charge is 0.278 e. The molecule has 6 nitrogen and oxygen atoms in total. The van der Waals surface area contributed by atoms with E-state index >= 15 is 0 Å². The predicted molar refractivity (Wildman–Crippen MR) is 83.2 cm³/mol. The number of hydrazone groups is 1. The van der Waals surface area contributed by atoms with E-state index in [1.165, 1.54) is 11.1 Å². The summed E-state index contributed by atoms with van der Waals surface area (Å²) in [6, 6.07) is 12.9. The third kappa shape index (κ3) is 2.56. The summed E-state index contributed by atoms with van der Waals surface area (Å²) < 4.78 is 0. The molecule has 2 aromatic carbocycles. The summed E-state index contributed by atoms with van der Waals surface area (Å²) in [4.78, 5) is 22.7. The first-order valence-corrected chi connectivity index (χ1v) is 6.84. The second-order valence-corrected chi connectivity index (χ2v) is 5.12. The molecule has 22 heavy (non-hydrogen) atoms. The van der Waals surface area contributed by atoms with E-state index in [1.54, 1.807) is 42.5 Å². The number of nitrogens with zero attached hydrogens (tertiary/aromatic N) is 3. The number of amides is 1. The van der Waals surface area contributed by atoms with Crippen LogP contribution in [0, 0.1) is 10.1 Å². The number of nitro benzene ring substituents is 1. The number of carbonyl (C=O) groups excluding carboxylic acids is 1. The van der Waals surface area contributed by atoms with Crippen molar-refractivity contribution in [2.75, 3.05) is 5.01 Å². The van der Waals surface area contributed by atoms with Gasteiger partial charge in [-0.25, -0.2) is 5.01 Å². The molecule has 0 saturated heterocycles. The van der Waals surface area contributed by atoms with Gasteiger partial charge >= 0.3 is 0 Å². The molecule has 0 aliphatic carbocycles. The van der Waals surface area contributed by atoms with Gasteiger partial charge in [-0.1, -0.05) is 23.7 Å². The molecule has 7 heteroatoms. The van der Waals surface area contributed by atoms with E-state index in [-0.39, 0.29) is 18.0 Å². The Hall–Kier alpha value is -2.73. The summed E-state index contributed by atoms with van der Waals surface area (Å²) in [6.07, 6.45) is 0.0213. The molecule has 0 N–H and O–H groups in total. The molecule has 1 aliphatic heterocycles. The summed E-state index contributed by atoms with van der Waals surface area (Å²) in [5.41, 5.74) is 1.25. The van der Waals surface area contributed by atoms with Crippen molar-refractivity contribution in [3.63, 3.8) is 0 Å². The molecule has 0 atom stereocenters. The summed E-state index contributed by atoms with van der Waals surface area (Å²) >= 11 is 5.82. The Morgan fingerprint density at radius 2 is 1.82 bits per heavy atom. The maximum Gasteiger partial charge on any atom is 0.278 e. The first-order valence-electron chi connectivity index (χ1n) is 6.46. The monoisotopic (exact) mass is 315 g/mol. The van der Waals surface area contributed by atoms with E-state index in [9.17, 15) is 14.9 Å². The minimum absolute atomic E-state index is 0.0213. The molecular weight excluding hydrogens is 306 g/mol. The zero-order valence-corrected chi connectivity index (χ0v) is 12.0. The van der Waals surface area contributed by atoms with Gasteiger partial charge in [0.15, 0.2) is 0 Å². The van der Waals surface area contributed by atoms with Gasteiger partial charge in [0.2, 0.25) is 0 Å². The zero-order valence-electron chi connectivity index (χ0n) is 11.3. The van der Waals surface area contributed by atoms with Gasteiger partial charge in [-0.3, -0.25) is 14.9 Å². The Kier molecular flexibility index (Phi) is 3.60. The Labute approximate surface area is 130 Å². The maximum atomic E-state index is 12.1. The normalized spacial score (nSPS) is 14.1. The van der Waals surface area contributed by atoms with Gasteiger partial charge < -0.3 is 0 Å². The lowest BCUT2D eigenvalue weighted by atomic mass is 10.1. The van der Waals surface area contributed by atoms with Gasteiger partial charge in [-0.2, -0.15) is 5.10 Å². The average molecular weight is 316 g/mol. The smallest absolute Gasteiger partial charge is 0.272 e. The molecular formula is C15H10ClN3O3. The fourth-order valence-electron chi connectivity index (χ4n) is 2.24. The van der Waals surface area contributed by atoms with E-state index in [2.05, 4.69) is 5.10 Å². The molecule has 0 aromatic heterocycles. The molecule has 0 unspecified atom stereocenters. The third-order valence-electron chi connectivity index (χ3n) is 3.26. The number of para-hydroxylation sites is 1. The van der Waals surface area contributed by atoms with Crippen molar-refractivity contribution in [2.24, 2.45) is 5.10 Å². The van der Waals surface area contributed by atoms with Crippen molar-refractivity contribution in [3.8, 4) is 0 Å². The first kappa shape index (κ1) is 14.2. The van der Waals surface area contributed by atoms with Gasteiger partial charge in [0.1, 0.15) is 0 Å². The van der Waals surface area contributed by atoms with Crippen LogP contribution < -0.4 is 5.01 Å². The number of hydrogen-bond donors (Lipinski definition) is 0. The fraction of sp³-hybridized carbons (Fsp3) is 0.0667. The van der Waals surface area contributed by atoms with Crippen molar-refractivity contribution < 1.29 is 9.72 Å². The maximum absolute atomic E-state index is 12.1. The lowest BCUT2D eigenvalue weighted by Gasteiger charge is -2.11. The van der Waals surface area contributed by atoms with Crippen LogP contribution in [0.25, 0.3) is 0 Å². The van der Waals surface area contributed by atoms with Crippen LogP contribution in [-0.4, -0.2) is 16.5 Å². The van der Waals surface area contributed by atoms with Crippen LogP contribution in [0.4, 0.5) is 11.4 Å². The van der Waals surface area contributed by atoms with E-state index in [0.717, 1.165) is 0 Å². The van der Waals surface area contributed by atoms with Gasteiger partial charge in [0.25, 0.3) is 11.6 Å². The summed E-state index contributed by atoms with van der Waals surface area (Å²) in [5, 5.41) is 17.1. The Bertz CT molecular complexity index is 787. The Balaban J connectivity index is 2.00. The van der Waals surface area contributed by atoms with Crippen LogP contribution in [0.2, 0.25) is 5.02 Å². The van der Waals surface area contributed by atoms with Crippen LogP contribution in [0.1, 0.15) is 12.0 Å². The summed E-state index contributed by atoms with van der Waals surface area (Å²) in [7, 11) is 0. The SMILES string of the molecule is O=C1CC(c2ccccc2[N+](=O)[O-])=NN1c1ccc(Cl)cc1. The van der Waals surface area contributed by atoms with Crippen LogP contribution >= 0.6 is 11.6 Å². The van der Waals surface area contributed by atoms with Crippen LogP contribution in [0.3, 0.4) is 0 Å². The quantitative estimate of drug-likeness (QED) is 0.643. The predicted octanol–water partition coefficient (Wildman–Crippen LogP) is 3.39. The number of benzene rings is 2. The second kappa shape index (κ2) is 5.57. The van der Waals surface area contributed by atoms with Gasteiger partial charge in [0.05, 0.1) is 28.3 Å². The zero-order chi connectivity index (χ0) is 15.7. The second-order valence-electron chi connectivity index (χ2n) is 4.68. The van der Waals surface area contributed by atoms with Gasteiger partial charge in [0, 0.05) is 11.1 Å². The number of hydrogen-bond acceptors (Lipinski definition) is 4. The minimum atomic E-state index is -0.479. The molecule has 1 aliphatic rings. The average Bonchev–Trinajstić information content (AvgIpc) is 2.90. The molecule has 0 bridgehead atoms. The highest BCUT2D eigenvalue weighted by molar-refractivity contribution is 6.30. The number of halogens is 1. The van der Waals surface area contributed by atoms with E-state index in [1.807, 2.05) is 0 Å². The summed E-state index contributed by atoms with van der Waals surface area (Å²) in [6.45, 7) is 0.